The zero-order valence-electron chi connectivity index (χ0n) is 19.5. The van der Waals surface area contributed by atoms with Gasteiger partial charge < -0.3 is 19.2 Å². The van der Waals surface area contributed by atoms with Gasteiger partial charge in [0.25, 0.3) is 5.91 Å². The molecule has 6 heteroatoms. The van der Waals surface area contributed by atoms with Crippen molar-refractivity contribution in [1.29, 1.82) is 0 Å². The molecule has 1 N–H and O–H groups in total. The van der Waals surface area contributed by atoms with E-state index in [1.54, 1.807) is 23.1 Å². The van der Waals surface area contributed by atoms with E-state index in [0.717, 1.165) is 16.7 Å². The highest BCUT2D eigenvalue weighted by Crippen LogP contribution is 2.40. The van der Waals surface area contributed by atoms with Crippen LogP contribution >= 0.6 is 0 Å². The molecule has 0 saturated heterocycles. The largest absolute Gasteiger partial charge is 0.503 e. The van der Waals surface area contributed by atoms with Crippen LogP contribution in [0.5, 0.6) is 5.75 Å². The van der Waals surface area contributed by atoms with Gasteiger partial charge in [-0.25, -0.2) is 0 Å². The molecule has 0 saturated carbocycles. The third kappa shape index (κ3) is 4.08. The number of aliphatic hydroxyl groups is 1. The summed E-state index contributed by atoms with van der Waals surface area (Å²) >= 11 is 0. The molecule has 4 aromatic rings. The number of aryl methyl sites for hydroxylation is 1. The number of hydrogen-bond acceptors (Lipinski definition) is 5. The number of methoxy groups -OCH3 is 1. The van der Waals surface area contributed by atoms with Crippen LogP contribution in [0.1, 0.15) is 33.3 Å². The van der Waals surface area contributed by atoms with Gasteiger partial charge in [-0.15, -0.1) is 0 Å². The molecule has 0 bridgehead atoms. The number of amides is 1. The molecular formula is C29H25NO5. The van der Waals surface area contributed by atoms with Gasteiger partial charge in [0.15, 0.2) is 22.9 Å². The monoisotopic (exact) mass is 467 g/mol. The highest BCUT2D eigenvalue weighted by molar-refractivity contribution is 6.16. The fourth-order valence-electron chi connectivity index (χ4n) is 4.55. The Bertz CT molecular complexity index is 1430. The van der Waals surface area contributed by atoms with E-state index in [1.165, 1.54) is 7.11 Å². The number of furan rings is 1. The third-order valence-corrected chi connectivity index (χ3v) is 6.38. The molecular weight excluding hydrogens is 442 g/mol. The number of ketones is 1. The quantitative estimate of drug-likeness (QED) is 0.360. The van der Waals surface area contributed by atoms with Crippen LogP contribution in [0.2, 0.25) is 0 Å². The van der Waals surface area contributed by atoms with Gasteiger partial charge in [-0.05, 0) is 36.6 Å². The van der Waals surface area contributed by atoms with Crippen molar-refractivity contribution in [3.63, 3.8) is 0 Å². The molecule has 1 aliphatic rings. The lowest BCUT2D eigenvalue weighted by Crippen LogP contribution is -2.33. The SMILES string of the molecule is COc1cccc2cc(C(=O)C3=C(O)C(=O)N(CCc4ccccc4)C3c3ccc(C)cc3)oc12. The standard InChI is InChI=1S/C29H25NO5/c1-18-11-13-20(14-12-18)25-24(26(31)23-17-21-9-6-10-22(34-2)28(21)35-23)27(32)29(33)30(25)16-15-19-7-4-3-5-8-19/h3-14,17,25,32H,15-16H2,1-2H3. The van der Waals surface area contributed by atoms with Gasteiger partial charge in [0, 0.05) is 11.9 Å². The summed E-state index contributed by atoms with van der Waals surface area (Å²) in [5, 5.41) is 11.6. The maximum Gasteiger partial charge on any atom is 0.290 e. The smallest absolute Gasteiger partial charge is 0.290 e. The number of benzene rings is 3. The molecule has 1 aliphatic heterocycles. The Hall–Kier alpha value is -4.32. The zero-order valence-corrected chi connectivity index (χ0v) is 19.5. The van der Waals surface area contributed by atoms with Crippen LogP contribution in [0.15, 0.2) is 94.6 Å². The molecule has 1 atom stereocenters. The fourth-order valence-corrected chi connectivity index (χ4v) is 4.55. The number of fused-ring (bicyclic) bond motifs is 1. The van der Waals surface area contributed by atoms with Crippen molar-refractivity contribution in [1.82, 2.24) is 4.90 Å². The fraction of sp³-hybridized carbons (Fsp3) is 0.172. The average Bonchev–Trinajstić information content (AvgIpc) is 3.43. The Morgan fingerprint density at radius 2 is 1.77 bits per heavy atom. The minimum Gasteiger partial charge on any atom is -0.503 e. The molecule has 176 valence electrons. The van der Waals surface area contributed by atoms with E-state index < -0.39 is 23.5 Å². The lowest BCUT2D eigenvalue weighted by atomic mass is 9.94. The highest BCUT2D eigenvalue weighted by Gasteiger charge is 2.44. The van der Waals surface area contributed by atoms with Crippen molar-refractivity contribution < 1.29 is 23.8 Å². The highest BCUT2D eigenvalue weighted by atomic mass is 16.5. The Morgan fingerprint density at radius 3 is 2.49 bits per heavy atom. The van der Waals surface area contributed by atoms with Crippen molar-refractivity contribution in [3.8, 4) is 5.75 Å². The number of rotatable bonds is 7. The van der Waals surface area contributed by atoms with E-state index in [0.29, 0.717) is 29.7 Å². The van der Waals surface area contributed by atoms with E-state index in [-0.39, 0.29) is 11.3 Å². The molecule has 3 aromatic carbocycles. The van der Waals surface area contributed by atoms with Gasteiger partial charge >= 0.3 is 0 Å². The summed E-state index contributed by atoms with van der Waals surface area (Å²) in [5.74, 6) is -1.09. The van der Waals surface area contributed by atoms with E-state index in [2.05, 4.69) is 0 Å². The molecule has 1 amide bonds. The molecule has 6 nitrogen and oxygen atoms in total. The maximum absolute atomic E-state index is 13.7. The molecule has 5 rings (SSSR count). The van der Waals surface area contributed by atoms with Crippen LogP contribution in [-0.4, -0.2) is 35.4 Å². The van der Waals surface area contributed by atoms with Crippen LogP contribution in [0.4, 0.5) is 0 Å². The van der Waals surface area contributed by atoms with Crippen LogP contribution in [0.25, 0.3) is 11.0 Å². The van der Waals surface area contributed by atoms with Gasteiger partial charge in [0.05, 0.1) is 18.7 Å². The molecule has 1 aromatic heterocycles. The summed E-state index contributed by atoms with van der Waals surface area (Å²) in [4.78, 5) is 28.5. The number of carbonyl (C=O) groups excluding carboxylic acids is 2. The first-order chi connectivity index (χ1) is 17.0. The second-order valence-corrected chi connectivity index (χ2v) is 8.63. The molecule has 0 spiro atoms. The number of aliphatic hydroxyl groups excluding tert-OH is 1. The Balaban J connectivity index is 1.55. The van der Waals surface area contributed by atoms with Crippen molar-refractivity contribution in [2.75, 3.05) is 13.7 Å². The summed E-state index contributed by atoms with van der Waals surface area (Å²) < 4.78 is 11.2. The predicted molar refractivity (Wildman–Crippen MR) is 133 cm³/mol. The van der Waals surface area contributed by atoms with Crippen LogP contribution in [-0.2, 0) is 11.2 Å². The number of Topliss-reactive ketones (excluding diaryl/α,β-unsaturated/α-hetero) is 1. The first kappa shape index (κ1) is 22.5. The Morgan fingerprint density at radius 1 is 1.03 bits per heavy atom. The zero-order chi connectivity index (χ0) is 24.5. The molecule has 0 fully saturated rings. The van der Waals surface area contributed by atoms with Crippen LogP contribution < -0.4 is 4.74 Å². The number of hydrogen-bond donors (Lipinski definition) is 1. The maximum atomic E-state index is 13.7. The van der Waals surface area contributed by atoms with E-state index in [4.69, 9.17) is 9.15 Å². The second-order valence-electron chi connectivity index (χ2n) is 8.63. The summed E-state index contributed by atoms with van der Waals surface area (Å²) in [6.45, 7) is 2.31. The molecule has 0 aliphatic carbocycles. The summed E-state index contributed by atoms with van der Waals surface area (Å²) in [6, 6.07) is 23.7. The van der Waals surface area contributed by atoms with E-state index in [9.17, 15) is 14.7 Å². The Labute approximate surface area is 203 Å². The summed E-state index contributed by atoms with van der Waals surface area (Å²) in [5.41, 5.74) is 3.32. The molecule has 0 radical (unpaired) electrons. The first-order valence-electron chi connectivity index (χ1n) is 11.4. The topological polar surface area (TPSA) is 80.0 Å². The molecule has 1 unspecified atom stereocenters. The van der Waals surface area contributed by atoms with Crippen LogP contribution in [0.3, 0.4) is 0 Å². The van der Waals surface area contributed by atoms with Gasteiger partial charge in [-0.3, -0.25) is 9.59 Å². The van der Waals surface area contributed by atoms with Gasteiger partial charge in [-0.1, -0.05) is 72.3 Å². The number of nitrogens with zero attached hydrogens (tertiary/aromatic N) is 1. The number of ether oxygens (including phenoxy) is 1. The first-order valence-corrected chi connectivity index (χ1v) is 11.4. The normalized spacial score (nSPS) is 15.8. The van der Waals surface area contributed by atoms with Crippen molar-refractivity contribution in [2.45, 2.75) is 19.4 Å². The Kier molecular flexibility index (Phi) is 5.87. The minimum absolute atomic E-state index is 0.0185. The van der Waals surface area contributed by atoms with Gasteiger partial charge in [0.2, 0.25) is 5.78 Å². The predicted octanol–water partition coefficient (Wildman–Crippen LogP) is 5.57. The van der Waals surface area contributed by atoms with Crippen molar-refractivity contribution >= 4 is 22.7 Å². The van der Waals surface area contributed by atoms with Crippen molar-refractivity contribution in [2.24, 2.45) is 0 Å². The van der Waals surface area contributed by atoms with Gasteiger partial charge in [-0.2, -0.15) is 0 Å². The molecule has 2 heterocycles. The summed E-state index contributed by atoms with van der Waals surface area (Å²) in [6.07, 6.45) is 0.589. The van der Waals surface area contributed by atoms with E-state index >= 15 is 0 Å². The van der Waals surface area contributed by atoms with Crippen LogP contribution in [0, 0.1) is 6.92 Å². The van der Waals surface area contributed by atoms with Gasteiger partial charge in [0.1, 0.15) is 0 Å². The number of para-hydroxylation sites is 1. The average molecular weight is 468 g/mol. The minimum atomic E-state index is -0.727. The third-order valence-electron chi connectivity index (χ3n) is 6.38. The number of carbonyl (C=O) groups is 2. The lowest BCUT2D eigenvalue weighted by Gasteiger charge is -2.27. The molecule has 35 heavy (non-hydrogen) atoms. The lowest BCUT2D eigenvalue weighted by molar-refractivity contribution is -0.129. The second kappa shape index (κ2) is 9.14. The van der Waals surface area contributed by atoms with E-state index in [1.807, 2.05) is 67.6 Å². The van der Waals surface area contributed by atoms with Crippen molar-refractivity contribution in [3.05, 3.63) is 113 Å². The summed E-state index contributed by atoms with van der Waals surface area (Å²) in [7, 11) is 1.53.